The van der Waals surface area contributed by atoms with Crippen LogP contribution in [-0.4, -0.2) is 16.5 Å². The highest BCUT2D eigenvalue weighted by Crippen LogP contribution is 2.80. The van der Waals surface area contributed by atoms with Gasteiger partial charge in [-0.2, -0.15) is 13.2 Å². The first-order chi connectivity index (χ1) is 10.1. The van der Waals surface area contributed by atoms with Crippen LogP contribution in [0.2, 0.25) is 5.02 Å². The SMILES string of the molecule is CCSP(=S)(SCC)Sc1nc(C(F)(F)F)c(F)c(F)c1Cl. The summed E-state index contributed by atoms with van der Waals surface area (Å²) >= 11 is 14.7. The summed E-state index contributed by atoms with van der Waals surface area (Å²) in [5.74, 6) is -2.56. The van der Waals surface area contributed by atoms with Gasteiger partial charge in [0.05, 0.1) is 0 Å². The molecule has 1 nitrogen and oxygen atoms in total. The lowest BCUT2D eigenvalue weighted by Crippen LogP contribution is -2.13. The van der Waals surface area contributed by atoms with Crippen LogP contribution in [-0.2, 0) is 18.0 Å². The molecule has 0 radical (unpaired) electrons. The highest BCUT2D eigenvalue weighted by atomic mass is 35.5. The first kappa shape index (κ1) is 20.8. The molecule has 0 N–H and O–H groups in total. The Balaban J connectivity index is 3.36. The second-order valence-corrected chi connectivity index (χ2v) is 19.9. The van der Waals surface area contributed by atoms with Crippen molar-refractivity contribution in [3.05, 3.63) is 22.4 Å². The minimum absolute atomic E-state index is 0.418. The van der Waals surface area contributed by atoms with Gasteiger partial charge < -0.3 is 0 Å². The molecule has 0 unspecified atom stereocenters. The fraction of sp³-hybridized carbons (Fsp3) is 0.500. The molecule has 0 atom stereocenters. The Hall–Kier alpha value is 0.790. The van der Waals surface area contributed by atoms with E-state index in [0.717, 1.165) is 11.4 Å². The maximum atomic E-state index is 13.6. The summed E-state index contributed by atoms with van der Waals surface area (Å²) in [5.41, 5.74) is -1.92. The quantitative estimate of drug-likeness (QED) is 0.358. The summed E-state index contributed by atoms with van der Waals surface area (Å²) < 4.78 is 62.9. The van der Waals surface area contributed by atoms with Crippen molar-refractivity contribution in [1.29, 1.82) is 0 Å². The van der Waals surface area contributed by atoms with Gasteiger partial charge in [0.1, 0.15) is 13.7 Å². The molecule has 1 rings (SSSR count). The third kappa shape index (κ3) is 5.14. The van der Waals surface area contributed by atoms with E-state index >= 15 is 0 Å². The Morgan fingerprint density at radius 2 is 1.64 bits per heavy atom. The predicted octanol–water partition coefficient (Wildman–Crippen LogP) is 6.85. The Morgan fingerprint density at radius 1 is 1.14 bits per heavy atom. The molecule has 1 heterocycles. The third-order valence-corrected chi connectivity index (χ3v) is 16.7. The van der Waals surface area contributed by atoms with E-state index in [1.54, 1.807) is 0 Å². The minimum Gasteiger partial charge on any atom is -0.232 e. The number of hydrogen-bond acceptors (Lipinski definition) is 5. The van der Waals surface area contributed by atoms with E-state index in [4.69, 9.17) is 23.4 Å². The Bertz CT molecular complexity index is 588. The van der Waals surface area contributed by atoms with E-state index in [9.17, 15) is 22.0 Å². The molecule has 1 aromatic heterocycles. The Labute approximate surface area is 146 Å². The molecule has 0 saturated heterocycles. The first-order valence-corrected chi connectivity index (χ1v) is 13.5. The van der Waals surface area contributed by atoms with E-state index < -0.39 is 37.2 Å². The lowest BCUT2D eigenvalue weighted by Gasteiger charge is -2.19. The lowest BCUT2D eigenvalue weighted by molar-refractivity contribution is -0.144. The summed E-state index contributed by atoms with van der Waals surface area (Å²) in [6.45, 7) is 3.70. The van der Waals surface area contributed by atoms with Crippen LogP contribution >= 0.6 is 49.4 Å². The highest BCUT2D eigenvalue weighted by molar-refractivity contribution is 9.23. The number of aromatic nitrogens is 1. The van der Waals surface area contributed by atoms with E-state index in [1.165, 1.54) is 22.8 Å². The Morgan fingerprint density at radius 3 is 2.05 bits per heavy atom. The van der Waals surface area contributed by atoms with Crippen molar-refractivity contribution in [3.8, 4) is 0 Å². The zero-order valence-corrected chi connectivity index (χ0v) is 16.1. The van der Waals surface area contributed by atoms with Crippen LogP contribution in [0.3, 0.4) is 0 Å². The number of pyridine rings is 1. The molecule has 0 saturated carbocycles. The Kier molecular flexibility index (Phi) is 7.81. The van der Waals surface area contributed by atoms with Crippen LogP contribution < -0.4 is 0 Å². The molecular formula is C10H10ClF5NPS4. The fourth-order valence-corrected chi connectivity index (χ4v) is 15.7. The molecule has 22 heavy (non-hydrogen) atoms. The third-order valence-electron chi connectivity index (χ3n) is 2.04. The van der Waals surface area contributed by atoms with Gasteiger partial charge in [-0.05, 0) is 22.9 Å². The number of rotatable bonds is 6. The summed E-state index contributed by atoms with van der Waals surface area (Å²) in [6, 6.07) is 0. The normalized spacial score (nSPS) is 12.7. The molecule has 0 bridgehead atoms. The monoisotopic (exact) mass is 433 g/mol. The zero-order valence-electron chi connectivity index (χ0n) is 11.2. The number of alkyl halides is 3. The molecular weight excluding hydrogens is 424 g/mol. The maximum Gasteiger partial charge on any atom is 0.436 e. The van der Waals surface area contributed by atoms with Gasteiger partial charge in [0.2, 0.25) is 0 Å². The van der Waals surface area contributed by atoms with Gasteiger partial charge in [-0.15, -0.1) is 22.8 Å². The summed E-state index contributed by atoms with van der Waals surface area (Å²) in [4.78, 5) is 3.18. The molecule has 0 amide bonds. The van der Waals surface area contributed by atoms with Crippen molar-refractivity contribution in [2.75, 3.05) is 11.5 Å². The molecule has 0 aliphatic carbocycles. The van der Waals surface area contributed by atoms with Crippen molar-refractivity contribution in [1.82, 2.24) is 4.98 Å². The molecule has 0 aromatic carbocycles. The zero-order chi connectivity index (χ0) is 17.1. The van der Waals surface area contributed by atoms with Crippen LogP contribution in [0.1, 0.15) is 19.5 Å². The summed E-state index contributed by atoms with van der Waals surface area (Å²) in [5, 5.41) is -1.18. The molecule has 126 valence electrons. The number of hydrogen-bond donors (Lipinski definition) is 0. The van der Waals surface area contributed by atoms with Gasteiger partial charge >= 0.3 is 6.18 Å². The molecule has 0 aliphatic rings. The van der Waals surface area contributed by atoms with Crippen LogP contribution in [0.25, 0.3) is 0 Å². The van der Waals surface area contributed by atoms with Gasteiger partial charge in [0, 0.05) is 0 Å². The van der Waals surface area contributed by atoms with Crippen LogP contribution in [0.15, 0.2) is 5.03 Å². The molecule has 0 aliphatic heterocycles. The van der Waals surface area contributed by atoms with Gasteiger partial charge in [0.25, 0.3) is 0 Å². The second kappa shape index (κ2) is 8.25. The largest absolute Gasteiger partial charge is 0.436 e. The maximum absolute atomic E-state index is 13.6. The number of halogens is 6. The van der Waals surface area contributed by atoms with E-state index in [0.29, 0.717) is 11.5 Å². The van der Waals surface area contributed by atoms with E-state index in [-0.39, 0.29) is 0 Å². The van der Waals surface area contributed by atoms with Gasteiger partial charge in [-0.3, -0.25) is 0 Å². The fourth-order valence-electron chi connectivity index (χ4n) is 1.25. The average molecular weight is 434 g/mol. The van der Waals surface area contributed by atoms with Gasteiger partial charge in [0.15, 0.2) is 17.3 Å². The van der Waals surface area contributed by atoms with E-state index in [2.05, 4.69) is 4.98 Å². The van der Waals surface area contributed by atoms with Crippen LogP contribution in [0.4, 0.5) is 22.0 Å². The van der Waals surface area contributed by atoms with Crippen molar-refractivity contribution >= 4 is 61.2 Å². The van der Waals surface area contributed by atoms with Gasteiger partial charge in [-0.25, -0.2) is 13.8 Å². The lowest BCUT2D eigenvalue weighted by atomic mass is 10.3. The molecule has 0 spiro atoms. The first-order valence-electron chi connectivity index (χ1n) is 5.76. The molecule has 1 aromatic rings. The van der Waals surface area contributed by atoms with Crippen molar-refractivity contribution < 1.29 is 22.0 Å². The smallest absolute Gasteiger partial charge is 0.232 e. The molecule has 12 heteroatoms. The minimum atomic E-state index is -5.11. The summed E-state index contributed by atoms with van der Waals surface area (Å²) in [6.07, 6.45) is -5.11. The molecule has 0 fully saturated rings. The van der Waals surface area contributed by atoms with Crippen molar-refractivity contribution in [2.24, 2.45) is 0 Å². The standard InChI is InChI=1S/C10H10ClF5NPS4/c1-3-20-18(19,21-4-2)22-9-5(11)6(12)7(13)8(17-9)10(14,15)16/h3-4H2,1-2H3. The second-order valence-electron chi connectivity index (χ2n) is 3.58. The van der Waals surface area contributed by atoms with Crippen molar-refractivity contribution in [2.45, 2.75) is 25.0 Å². The summed E-state index contributed by atoms with van der Waals surface area (Å²) in [7, 11) is 0. The van der Waals surface area contributed by atoms with Gasteiger partial charge in [-0.1, -0.05) is 37.3 Å². The van der Waals surface area contributed by atoms with Crippen LogP contribution in [0.5, 0.6) is 0 Å². The van der Waals surface area contributed by atoms with Crippen LogP contribution in [0, 0.1) is 11.6 Å². The number of nitrogens with zero attached hydrogens (tertiary/aromatic N) is 1. The van der Waals surface area contributed by atoms with Crippen molar-refractivity contribution in [3.63, 3.8) is 0 Å². The average Bonchev–Trinajstić information content (AvgIpc) is 2.38. The predicted molar refractivity (Wildman–Crippen MR) is 90.6 cm³/mol. The highest BCUT2D eigenvalue weighted by Gasteiger charge is 2.40. The topological polar surface area (TPSA) is 12.9 Å². The van der Waals surface area contributed by atoms with E-state index in [1.807, 2.05) is 13.8 Å².